The first-order valence-corrected chi connectivity index (χ1v) is 7.23. The average Bonchev–Trinajstić information content (AvgIpc) is 2.84. The van der Waals surface area contributed by atoms with Crippen molar-refractivity contribution in [1.82, 2.24) is 15.3 Å². The quantitative estimate of drug-likeness (QED) is 0.772. The Hall–Kier alpha value is -2.36. The SMILES string of the molecule is CC(C)C(C)NC(=O)c1cc2c(cn1)[nH]c1ccccc12. The molecule has 1 atom stereocenters. The molecule has 0 aliphatic heterocycles. The van der Waals surface area contributed by atoms with Crippen LogP contribution in [0.5, 0.6) is 0 Å². The highest BCUT2D eigenvalue weighted by Gasteiger charge is 2.15. The largest absolute Gasteiger partial charge is 0.353 e. The van der Waals surface area contributed by atoms with Crippen LogP contribution in [-0.2, 0) is 0 Å². The zero-order valence-electron chi connectivity index (χ0n) is 12.5. The number of aromatic amines is 1. The van der Waals surface area contributed by atoms with Crippen LogP contribution in [0.1, 0.15) is 31.3 Å². The monoisotopic (exact) mass is 281 g/mol. The van der Waals surface area contributed by atoms with Crippen LogP contribution in [0.25, 0.3) is 21.8 Å². The summed E-state index contributed by atoms with van der Waals surface area (Å²) >= 11 is 0. The predicted molar refractivity (Wildman–Crippen MR) is 85.4 cm³/mol. The fraction of sp³-hybridized carbons (Fsp3) is 0.294. The molecule has 4 nitrogen and oxygen atoms in total. The van der Waals surface area contributed by atoms with Crippen LogP contribution in [0.4, 0.5) is 0 Å². The molecule has 0 spiro atoms. The lowest BCUT2D eigenvalue weighted by molar-refractivity contribution is 0.0925. The first kappa shape index (κ1) is 13.6. The van der Waals surface area contributed by atoms with Gasteiger partial charge in [0.1, 0.15) is 5.69 Å². The van der Waals surface area contributed by atoms with Crippen LogP contribution in [0, 0.1) is 5.92 Å². The zero-order chi connectivity index (χ0) is 15.0. The van der Waals surface area contributed by atoms with Gasteiger partial charge in [0, 0.05) is 22.3 Å². The van der Waals surface area contributed by atoms with E-state index in [-0.39, 0.29) is 11.9 Å². The first-order valence-electron chi connectivity index (χ1n) is 7.23. The number of benzene rings is 1. The van der Waals surface area contributed by atoms with E-state index in [4.69, 9.17) is 0 Å². The summed E-state index contributed by atoms with van der Waals surface area (Å²) in [6, 6.07) is 10.0. The second-order valence-electron chi connectivity index (χ2n) is 5.79. The second-order valence-corrected chi connectivity index (χ2v) is 5.79. The summed E-state index contributed by atoms with van der Waals surface area (Å²) in [7, 11) is 0. The fourth-order valence-corrected chi connectivity index (χ4v) is 2.32. The van der Waals surface area contributed by atoms with E-state index in [9.17, 15) is 4.79 Å². The molecule has 0 radical (unpaired) electrons. The molecule has 4 heteroatoms. The fourth-order valence-electron chi connectivity index (χ4n) is 2.32. The minimum absolute atomic E-state index is 0.122. The van der Waals surface area contributed by atoms with Gasteiger partial charge in [0.2, 0.25) is 0 Å². The number of rotatable bonds is 3. The molecular weight excluding hydrogens is 262 g/mol. The van der Waals surface area contributed by atoms with Gasteiger partial charge < -0.3 is 10.3 Å². The Morgan fingerprint density at radius 1 is 1.14 bits per heavy atom. The van der Waals surface area contributed by atoms with Gasteiger partial charge in [-0.15, -0.1) is 0 Å². The molecule has 3 rings (SSSR count). The normalized spacial score (nSPS) is 13.0. The maximum Gasteiger partial charge on any atom is 0.270 e. The minimum Gasteiger partial charge on any atom is -0.353 e. The van der Waals surface area contributed by atoms with E-state index in [0.29, 0.717) is 11.6 Å². The van der Waals surface area contributed by atoms with Gasteiger partial charge in [0.25, 0.3) is 5.91 Å². The molecular formula is C17H19N3O. The number of carbonyl (C=O) groups is 1. The maximum atomic E-state index is 12.3. The number of hydrogen-bond donors (Lipinski definition) is 2. The summed E-state index contributed by atoms with van der Waals surface area (Å²) in [5.74, 6) is 0.272. The lowest BCUT2D eigenvalue weighted by Crippen LogP contribution is -2.36. The molecule has 0 aliphatic rings. The van der Waals surface area contributed by atoms with Gasteiger partial charge in [-0.2, -0.15) is 0 Å². The number of hydrogen-bond acceptors (Lipinski definition) is 2. The molecule has 2 heterocycles. The predicted octanol–water partition coefficient (Wildman–Crippen LogP) is 3.49. The molecule has 0 saturated heterocycles. The Bertz CT molecular complexity index is 804. The van der Waals surface area contributed by atoms with Crippen molar-refractivity contribution in [2.45, 2.75) is 26.8 Å². The molecule has 2 aromatic heterocycles. The Morgan fingerprint density at radius 3 is 2.67 bits per heavy atom. The second kappa shape index (κ2) is 5.20. The van der Waals surface area contributed by atoms with E-state index >= 15 is 0 Å². The van der Waals surface area contributed by atoms with Gasteiger partial charge in [0.15, 0.2) is 0 Å². The topological polar surface area (TPSA) is 57.8 Å². The van der Waals surface area contributed by atoms with E-state index in [1.807, 2.05) is 37.3 Å². The number of amides is 1. The molecule has 1 unspecified atom stereocenters. The van der Waals surface area contributed by atoms with Crippen LogP contribution < -0.4 is 5.32 Å². The van der Waals surface area contributed by atoms with Gasteiger partial charge in [-0.3, -0.25) is 4.79 Å². The van der Waals surface area contributed by atoms with Crippen molar-refractivity contribution in [3.8, 4) is 0 Å². The minimum atomic E-state index is -0.122. The number of pyridine rings is 1. The Labute approximate surface area is 123 Å². The molecule has 2 N–H and O–H groups in total. The van der Waals surface area contributed by atoms with E-state index in [1.54, 1.807) is 6.20 Å². The molecule has 21 heavy (non-hydrogen) atoms. The van der Waals surface area contributed by atoms with Crippen molar-refractivity contribution in [3.63, 3.8) is 0 Å². The summed E-state index contributed by atoms with van der Waals surface area (Å²) < 4.78 is 0. The summed E-state index contributed by atoms with van der Waals surface area (Å²) in [6.45, 7) is 6.18. The zero-order valence-corrected chi connectivity index (χ0v) is 12.5. The highest BCUT2D eigenvalue weighted by atomic mass is 16.1. The number of fused-ring (bicyclic) bond motifs is 3. The van der Waals surface area contributed by atoms with Crippen molar-refractivity contribution in [2.24, 2.45) is 5.92 Å². The van der Waals surface area contributed by atoms with Crippen molar-refractivity contribution in [2.75, 3.05) is 0 Å². The maximum absolute atomic E-state index is 12.3. The smallest absolute Gasteiger partial charge is 0.270 e. The van der Waals surface area contributed by atoms with Crippen molar-refractivity contribution >= 4 is 27.7 Å². The Balaban J connectivity index is 2.00. The van der Waals surface area contributed by atoms with Crippen LogP contribution in [0.15, 0.2) is 36.5 Å². The molecule has 0 fully saturated rings. The average molecular weight is 281 g/mol. The number of nitrogens with zero attached hydrogens (tertiary/aromatic N) is 1. The number of H-pyrrole nitrogens is 1. The van der Waals surface area contributed by atoms with E-state index in [0.717, 1.165) is 21.8 Å². The van der Waals surface area contributed by atoms with Gasteiger partial charge in [-0.1, -0.05) is 32.0 Å². The number of aromatic nitrogens is 2. The van der Waals surface area contributed by atoms with Gasteiger partial charge in [-0.05, 0) is 25.0 Å². The van der Waals surface area contributed by atoms with E-state index in [2.05, 4.69) is 29.1 Å². The Kier molecular flexibility index (Phi) is 3.37. The highest BCUT2D eigenvalue weighted by Crippen LogP contribution is 2.24. The lowest BCUT2D eigenvalue weighted by atomic mass is 10.1. The van der Waals surface area contributed by atoms with E-state index in [1.165, 1.54) is 0 Å². The molecule has 0 bridgehead atoms. The molecule has 1 amide bonds. The third kappa shape index (κ3) is 2.49. The summed E-state index contributed by atoms with van der Waals surface area (Å²) in [5.41, 5.74) is 2.46. The van der Waals surface area contributed by atoms with E-state index < -0.39 is 0 Å². The lowest BCUT2D eigenvalue weighted by Gasteiger charge is -2.16. The van der Waals surface area contributed by atoms with Crippen LogP contribution >= 0.6 is 0 Å². The molecule has 0 saturated carbocycles. The van der Waals surface area contributed by atoms with Gasteiger partial charge >= 0.3 is 0 Å². The third-order valence-corrected chi connectivity index (χ3v) is 3.98. The van der Waals surface area contributed by atoms with Crippen molar-refractivity contribution < 1.29 is 4.79 Å². The summed E-state index contributed by atoms with van der Waals surface area (Å²) in [6.07, 6.45) is 1.73. The van der Waals surface area contributed by atoms with Crippen LogP contribution in [-0.4, -0.2) is 21.9 Å². The summed E-state index contributed by atoms with van der Waals surface area (Å²) in [4.78, 5) is 19.9. The van der Waals surface area contributed by atoms with Gasteiger partial charge in [0.05, 0.1) is 11.7 Å². The summed E-state index contributed by atoms with van der Waals surface area (Å²) in [5, 5.41) is 5.13. The molecule has 1 aromatic carbocycles. The number of para-hydroxylation sites is 1. The molecule has 0 aliphatic carbocycles. The van der Waals surface area contributed by atoms with Crippen molar-refractivity contribution in [3.05, 3.63) is 42.2 Å². The van der Waals surface area contributed by atoms with Gasteiger partial charge in [-0.25, -0.2) is 4.98 Å². The van der Waals surface area contributed by atoms with Crippen LogP contribution in [0.3, 0.4) is 0 Å². The Morgan fingerprint density at radius 2 is 1.90 bits per heavy atom. The molecule has 108 valence electrons. The highest BCUT2D eigenvalue weighted by molar-refractivity contribution is 6.09. The van der Waals surface area contributed by atoms with Crippen LogP contribution in [0.2, 0.25) is 0 Å². The number of nitrogens with one attached hydrogen (secondary N) is 2. The molecule has 3 aromatic rings. The van der Waals surface area contributed by atoms with Crippen molar-refractivity contribution in [1.29, 1.82) is 0 Å². The third-order valence-electron chi connectivity index (χ3n) is 3.98. The standard InChI is InChI=1S/C17H19N3O/c1-10(2)11(3)19-17(21)15-8-13-12-6-4-5-7-14(12)20-16(13)9-18-15/h4-11,20H,1-3H3,(H,19,21). The first-order chi connectivity index (χ1) is 10.1. The number of carbonyl (C=O) groups excluding carboxylic acids is 1.